The van der Waals surface area contributed by atoms with Gasteiger partial charge in [-0.15, -0.1) is 0 Å². The monoisotopic (exact) mass is 253 g/mol. The van der Waals surface area contributed by atoms with Crippen LogP contribution in [0.3, 0.4) is 0 Å². The lowest BCUT2D eigenvalue weighted by atomic mass is 10.2. The van der Waals surface area contributed by atoms with Gasteiger partial charge < -0.3 is 9.73 Å². The van der Waals surface area contributed by atoms with Gasteiger partial charge in [0, 0.05) is 11.6 Å². The molecule has 0 aliphatic heterocycles. The molecule has 0 aliphatic carbocycles. The van der Waals surface area contributed by atoms with Crippen LogP contribution in [0, 0.1) is 5.82 Å². The van der Waals surface area contributed by atoms with E-state index in [2.05, 4.69) is 5.32 Å². The minimum absolute atomic E-state index is 0.0760. The predicted molar refractivity (Wildman–Crippen MR) is 65.4 cm³/mol. The zero-order valence-electron chi connectivity index (χ0n) is 9.41. The van der Waals surface area contributed by atoms with Crippen molar-refractivity contribution in [1.82, 2.24) is 5.32 Å². The minimum Gasteiger partial charge on any atom is -0.468 e. The van der Waals surface area contributed by atoms with E-state index in [-0.39, 0.29) is 11.9 Å². The first-order chi connectivity index (χ1) is 8.15. The first kappa shape index (κ1) is 12.1. The second-order valence-electron chi connectivity index (χ2n) is 3.90. The first-order valence-electron chi connectivity index (χ1n) is 5.37. The number of benzene rings is 1. The van der Waals surface area contributed by atoms with Crippen LogP contribution in [0.4, 0.5) is 4.39 Å². The Hall–Kier alpha value is -1.32. The Morgan fingerprint density at radius 3 is 2.88 bits per heavy atom. The number of furan rings is 1. The highest BCUT2D eigenvalue weighted by atomic mass is 35.5. The van der Waals surface area contributed by atoms with Crippen LogP contribution in [0.25, 0.3) is 0 Å². The van der Waals surface area contributed by atoms with E-state index < -0.39 is 0 Å². The summed E-state index contributed by atoms with van der Waals surface area (Å²) in [6, 6.07) is 8.32. The number of hydrogen-bond acceptors (Lipinski definition) is 2. The van der Waals surface area contributed by atoms with Crippen molar-refractivity contribution in [2.75, 3.05) is 0 Å². The zero-order valence-corrected chi connectivity index (χ0v) is 10.2. The van der Waals surface area contributed by atoms with Crippen LogP contribution in [0.2, 0.25) is 5.02 Å². The summed E-state index contributed by atoms with van der Waals surface area (Å²) in [5, 5.41) is 3.65. The number of nitrogens with one attached hydrogen (secondary N) is 1. The molecule has 0 bridgehead atoms. The molecule has 0 spiro atoms. The molecule has 2 nitrogen and oxygen atoms in total. The normalized spacial score (nSPS) is 12.6. The molecule has 0 saturated carbocycles. The molecule has 1 N–H and O–H groups in total. The average Bonchev–Trinajstić information content (AvgIpc) is 2.78. The summed E-state index contributed by atoms with van der Waals surface area (Å²) in [7, 11) is 0. The topological polar surface area (TPSA) is 25.2 Å². The van der Waals surface area contributed by atoms with E-state index in [9.17, 15) is 4.39 Å². The Bertz CT molecular complexity index is 464. The maximum absolute atomic E-state index is 13.1. The van der Waals surface area contributed by atoms with Gasteiger partial charge >= 0.3 is 0 Å². The van der Waals surface area contributed by atoms with Crippen molar-refractivity contribution >= 4 is 11.6 Å². The van der Waals surface area contributed by atoms with Gasteiger partial charge in [-0.3, -0.25) is 0 Å². The van der Waals surface area contributed by atoms with Gasteiger partial charge in [0.2, 0.25) is 0 Å². The lowest BCUT2D eigenvalue weighted by molar-refractivity contribution is 0.430. The average molecular weight is 254 g/mol. The highest BCUT2D eigenvalue weighted by Crippen LogP contribution is 2.16. The highest BCUT2D eigenvalue weighted by molar-refractivity contribution is 6.30. The van der Waals surface area contributed by atoms with E-state index in [1.807, 2.05) is 19.1 Å². The van der Waals surface area contributed by atoms with Crippen molar-refractivity contribution in [2.24, 2.45) is 0 Å². The molecule has 17 heavy (non-hydrogen) atoms. The molecule has 1 heterocycles. The summed E-state index contributed by atoms with van der Waals surface area (Å²) in [4.78, 5) is 0. The van der Waals surface area contributed by atoms with Crippen molar-refractivity contribution in [3.8, 4) is 0 Å². The number of halogens is 2. The smallest absolute Gasteiger partial charge is 0.125 e. The molecule has 2 rings (SSSR count). The molecule has 4 heteroatoms. The van der Waals surface area contributed by atoms with E-state index >= 15 is 0 Å². The number of rotatable bonds is 4. The summed E-state index contributed by atoms with van der Waals surface area (Å²) < 4.78 is 18.4. The van der Waals surface area contributed by atoms with Crippen LogP contribution in [0.1, 0.15) is 24.3 Å². The Morgan fingerprint density at radius 1 is 1.41 bits per heavy atom. The Morgan fingerprint density at radius 2 is 2.24 bits per heavy atom. The summed E-state index contributed by atoms with van der Waals surface area (Å²) in [6.07, 6.45) is 1.63. The Balaban J connectivity index is 1.98. The predicted octanol–water partition coefficient (Wildman–Crippen LogP) is 3.92. The summed E-state index contributed by atoms with van der Waals surface area (Å²) in [5.41, 5.74) is 0.813. The molecular weight excluding hydrogens is 241 g/mol. The second kappa shape index (κ2) is 5.34. The maximum Gasteiger partial charge on any atom is 0.125 e. The molecule has 90 valence electrons. The molecule has 2 aromatic rings. The molecule has 0 aliphatic rings. The lowest BCUT2D eigenvalue weighted by Crippen LogP contribution is -2.17. The molecule has 0 amide bonds. The fourth-order valence-electron chi connectivity index (χ4n) is 1.62. The molecule has 0 fully saturated rings. The summed E-state index contributed by atoms with van der Waals surface area (Å²) >= 11 is 5.78. The number of hydrogen-bond donors (Lipinski definition) is 1. The molecular formula is C13H13ClFNO. The summed E-state index contributed by atoms with van der Waals surface area (Å²) in [5.74, 6) is 0.535. The van der Waals surface area contributed by atoms with Crippen LogP contribution in [0.15, 0.2) is 41.0 Å². The molecule has 1 aromatic heterocycles. The van der Waals surface area contributed by atoms with Crippen LogP contribution in [0.5, 0.6) is 0 Å². The fraction of sp³-hybridized carbons (Fsp3) is 0.231. The lowest BCUT2D eigenvalue weighted by Gasteiger charge is -2.11. The van der Waals surface area contributed by atoms with Crippen LogP contribution in [-0.4, -0.2) is 0 Å². The largest absolute Gasteiger partial charge is 0.468 e. The third kappa shape index (κ3) is 3.32. The van der Waals surface area contributed by atoms with Gasteiger partial charge in [0.25, 0.3) is 0 Å². The van der Waals surface area contributed by atoms with Gasteiger partial charge in [-0.05, 0) is 42.8 Å². The molecule has 1 aromatic carbocycles. The van der Waals surface area contributed by atoms with Crippen LogP contribution >= 0.6 is 11.6 Å². The van der Waals surface area contributed by atoms with E-state index in [0.29, 0.717) is 11.6 Å². The summed E-state index contributed by atoms with van der Waals surface area (Å²) in [6.45, 7) is 2.53. The molecule has 1 atom stereocenters. The SMILES string of the molecule is CC(NCc1cc(F)cc(Cl)c1)c1ccco1. The molecule has 0 radical (unpaired) electrons. The third-order valence-electron chi connectivity index (χ3n) is 2.50. The van der Waals surface area contributed by atoms with Gasteiger partial charge in [0.1, 0.15) is 11.6 Å². The van der Waals surface area contributed by atoms with Gasteiger partial charge in [-0.1, -0.05) is 11.6 Å². The van der Waals surface area contributed by atoms with E-state index in [1.54, 1.807) is 12.3 Å². The van der Waals surface area contributed by atoms with Crippen molar-refractivity contribution in [2.45, 2.75) is 19.5 Å². The van der Waals surface area contributed by atoms with Gasteiger partial charge in [0.15, 0.2) is 0 Å². The standard InChI is InChI=1S/C13H13ClFNO/c1-9(13-3-2-4-17-13)16-8-10-5-11(14)7-12(15)6-10/h2-7,9,16H,8H2,1H3. The van der Waals surface area contributed by atoms with Crippen molar-refractivity contribution in [3.05, 3.63) is 58.8 Å². The Kier molecular flexibility index (Phi) is 3.82. The van der Waals surface area contributed by atoms with Crippen molar-refractivity contribution in [1.29, 1.82) is 0 Å². The van der Waals surface area contributed by atoms with E-state index in [4.69, 9.17) is 16.0 Å². The van der Waals surface area contributed by atoms with Crippen molar-refractivity contribution in [3.63, 3.8) is 0 Å². The van der Waals surface area contributed by atoms with Gasteiger partial charge in [0.05, 0.1) is 12.3 Å². The third-order valence-corrected chi connectivity index (χ3v) is 2.72. The van der Waals surface area contributed by atoms with E-state index in [1.165, 1.54) is 12.1 Å². The van der Waals surface area contributed by atoms with E-state index in [0.717, 1.165) is 11.3 Å². The molecule has 1 unspecified atom stereocenters. The second-order valence-corrected chi connectivity index (χ2v) is 4.33. The quantitative estimate of drug-likeness (QED) is 0.893. The molecule has 0 saturated heterocycles. The van der Waals surface area contributed by atoms with Gasteiger partial charge in [-0.25, -0.2) is 4.39 Å². The fourth-order valence-corrected chi connectivity index (χ4v) is 1.87. The highest BCUT2D eigenvalue weighted by Gasteiger charge is 2.07. The van der Waals surface area contributed by atoms with Crippen LogP contribution < -0.4 is 5.32 Å². The zero-order chi connectivity index (χ0) is 12.3. The van der Waals surface area contributed by atoms with Gasteiger partial charge in [-0.2, -0.15) is 0 Å². The first-order valence-corrected chi connectivity index (χ1v) is 5.74. The van der Waals surface area contributed by atoms with Crippen molar-refractivity contribution < 1.29 is 8.81 Å². The maximum atomic E-state index is 13.1. The Labute approximate surface area is 104 Å². The minimum atomic E-state index is -0.319. The van der Waals surface area contributed by atoms with Crippen LogP contribution in [-0.2, 0) is 6.54 Å².